The Bertz CT molecular complexity index is 1240. The molecule has 0 aliphatic heterocycles. The summed E-state index contributed by atoms with van der Waals surface area (Å²) in [5.41, 5.74) is 4.14. The quantitative estimate of drug-likeness (QED) is 0.100. The second kappa shape index (κ2) is 15.6. The van der Waals surface area contributed by atoms with Gasteiger partial charge in [-0.25, -0.2) is 5.06 Å². The maximum absolute atomic E-state index is 13.3. The molecule has 0 aliphatic rings. The summed E-state index contributed by atoms with van der Waals surface area (Å²) in [5.74, 6) is -0.396. The number of nitrogens with zero attached hydrogens (tertiary/aromatic N) is 1. The number of nitrogens with one attached hydrogen (secondary N) is 2. The molecule has 0 spiro atoms. The average molecular weight is 548 g/mol. The molecule has 0 aliphatic carbocycles. The molecule has 0 bridgehead atoms. The van der Waals surface area contributed by atoms with Crippen molar-refractivity contribution in [2.75, 3.05) is 6.67 Å². The third kappa shape index (κ3) is 8.55. The highest BCUT2D eigenvalue weighted by molar-refractivity contribution is 5.92. The van der Waals surface area contributed by atoms with E-state index in [2.05, 4.69) is 17.6 Å². The van der Waals surface area contributed by atoms with E-state index >= 15 is 0 Å². The molecule has 3 rings (SSSR count). The molecule has 3 aromatic rings. The van der Waals surface area contributed by atoms with Gasteiger partial charge in [0.25, 0.3) is 5.91 Å². The highest BCUT2D eigenvalue weighted by Crippen LogP contribution is 2.25. The number of rotatable bonds is 16. The molecule has 8 heteroatoms. The lowest BCUT2D eigenvalue weighted by molar-refractivity contribution is -0.200. The zero-order valence-electron chi connectivity index (χ0n) is 23.9. The van der Waals surface area contributed by atoms with E-state index in [1.54, 1.807) is 12.1 Å². The maximum Gasteiger partial charge on any atom is 0.288 e. The minimum atomic E-state index is -0.491. The summed E-state index contributed by atoms with van der Waals surface area (Å²) < 4.78 is 5.78. The van der Waals surface area contributed by atoms with Crippen molar-refractivity contribution in [1.82, 2.24) is 15.7 Å². The van der Waals surface area contributed by atoms with Gasteiger partial charge in [0, 0.05) is 5.56 Å². The first-order chi connectivity index (χ1) is 19.4. The third-order valence-corrected chi connectivity index (χ3v) is 7.12. The summed E-state index contributed by atoms with van der Waals surface area (Å²) in [7, 11) is 0. The SMILES string of the molecule is CCCCC[C@@H](C(=O)NCNC(=O)c1ccc(-c2ccc(C)c(C)c2)o1)[C@@H](CC)N(C=O)OCc1ccccc1. The van der Waals surface area contributed by atoms with Crippen LogP contribution in [0.2, 0.25) is 0 Å². The van der Waals surface area contributed by atoms with E-state index in [0.717, 1.165) is 36.0 Å². The molecule has 2 N–H and O–H groups in total. The zero-order chi connectivity index (χ0) is 28.9. The van der Waals surface area contributed by atoms with Crippen molar-refractivity contribution in [2.24, 2.45) is 5.92 Å². The number of aryl methyl sites for hydroxylation is 2. The number of benzene rings is 2. The predicted octanol–water partition coefficient (Wildman–Crippen LogP) is 5.93. The molecule has 214 valence electrons. The Morgan fingerprint density at radius 1 is 0.975 bits per heavy atom. The van der Waals surface area contributed by atoms with Crippen LogP contribution in [0.4, 0.5) is 0 Å². The Morgan fingerprint density at radius 2 is 1.75 bits per heavy atom. The molecular formula is C32H41N3O5. The lowest BCUT2D eigenvalue weighted by Crippen LogP contribution is -2.48. The monoisotopic (exact) mass is 547 g/mol. The molecular weight excluding hydrogens is 506 g/mol. The molecule has 40 heavy (non-hydrogen) atoms. The summed E-state index contributed by atoms with van der Waals surface area (Å²) in [4.78, 5) is 43.8. The van der Waals surface area contributed by atoms with Crippen LogP contribution in [0.3, 0.4) is 0 Å². The van der Waals surface area contributed by atoms with Gasteiger partial charge in [0.1, 0.15) is 12.4 Å². The van der Waals surface area contributed by atoms with E-state index < -0.39 is 17.9 Å². The van der Waals surface area contributed by atoms with Crippen LogP contribution in [0, 0.1) is 19.8 Å². The highest BCUT2D eigenvalue weighted by atomic mass is 16.7. The molecule has 1 heterocycles. The first-order valence-corrected chi connectivity index (χ1v) is 14.0. The Kier molecular flexibility index (Phi) is 12.0. The molecule has 0 saturated carbocycles. The minimum absolute atomic E-state index is 0.0655. The van der Waals surface area contributed by atoms with E-state index in [1.165, 1.54) is 10.6 Å². The van der Waals surface area contributed by atoms with Gasteiger partial charge in [-0.15, -0.1) is 0 Å². The Labute approximate surface area is 237 Å². The molecule has 8 nitrogen and oxygen atoms in total. The van der Waals surface area contributed by atoms with Crippen molar-refractivity contribution in [3.05, 3.63) is 83.1 Å². The normalized spacial score (nSPS) is 12.4. The molecule has 0 saturated heterocycles. The Hall–Kier alpha value is -3.91. The average Bonchev–Trinajstić information content (AvgIpc) is 3.46. The van der Waals surface area contributed by atoms with Crippen LogP contribution in [0.1, 0.15) is 73.2 Å². The Morgan fingerprint density at radius 3 is 2.42 bits per heavy atom. The standard InChI is InChI=1S/C32H41N3O5/c1-5-7-9-14-27(28(6-2)35(22-36)39-20-25-12-10-8-11-13-25)31(37)33-21-34-32(38)30-18-17-29(40-30)26-16-15-23(3)24(4)19-26/h8,10-13,15-19,22,27-28H,5-7,9,14,20-21H2,1-4H3,(H,33,37)(H,34,38)/t27-,28-/m1/s1. The van der Waals surface area contributed by atoms with Crippen molar-refractivity contribution >= 4 is 18.2 Å². The number of furan rings is 1. The van der Waals surface area contributed by atoms with Gasteiger partial charge >= 0.3 is 0 Å². The number of amides is 3. The molecule has 0 unspecified atom stereocenters. The van der Waals surface area contributed by atoms with Crippen LogP contribution in [-0.2, 0) is 21.0 Å². The van der Waals surface area contributed by atoms with Gasteiger partial charge in [-0.3, -0.25) is 19.2 Å². The van der Waals surface area contributed by atoms with Crippen molar-refractivity contribution in [2.45, 2.75) is 72.4 Å². The van der Waals surface area contributed by atoms with E-state index in [1.807, 2.05) is 69.3 Å². The van der Waals surface area contributed by atoms with Crippen molar-refractivity contribution in [3.63, 3.8) is 0 Å². The summed E-state index contributed by atoms with van der Waals surface area (Å²) in [6.07, 6.45) is 4.61. The molecule has 1 aromatic heterocycles. The van der Waals surface area contributed by atoms with Gasteiger partial charge in [-0.1, -0.05) is 75.6 Å². The van der Waals surface area contributed by atoms with Crippen LogP contribution in [0.15, 0.2) is 65.1 Å². The number of unbranched alkanes of at least 4 members (excludes halogenated alkanes) is 2. The number of hydroxylamine groups is 2. The first kappa shape index (κ1) is 30.6. The summed E-state index contributed by atoms with van der Waals surface area (Å²) >= 11 is 0. The number of carbonyl (C=O) groups is 3. The van der Waals surface area contributed by atoms with Gasteiger partial charge < -0.3 is 15.1 Å². The second-order valence-electron chi connectivity index (χ2n) is 9.99. The molecule has 0 fully saturated rings. The Balaban J connectivity index is 1.61. The van der Waals surface area contributed by atoms with Gasteiger partial charge in [0.15, 0.2) is 5.76 Å². The van der Waals surface area contributed by atoms with E-state index in [9.17, 15) is 14.4 Å². The van der Waals surface area contributed by atoms with Gasteiger partial charge in [-0.2, -0.15) is 0 Å². The van der Waals surface area contributed by atoms with Crippen molar-refractivity contribution < 1.29 is 23.6 Å². The zero-order valence-corrected chi connectivity index (χ0v) is 23.9. The van der Waals surface area contributed by atoms with Crippen molar-refractivity contribution in [3.8, 4) is 11.3 Å². The van der Waals surface area contributed by atoms with Gasteiger partial charge in [0.2, 0.25) is 12.3 Å². The largest absolute Gasteiger partial charge is 0.451 e. The lowest BCUT2D eigenvalue weighted by Gasteiger charge is -2.32. The van der Waals surface area contributed by atoms with E-state index in [0.29, 0.717) is 25.0 Å². The van der Waals surface area contributed by atoms with Crippen LogP contribution < -0.4 is 10.6 Å². The number of carbonyl (C=O) groups excluding carboxylic acids is 3. The van der Waals surface area contributed by atoms with Gasteiger partial charge in [0.05, 0.1) is 18.6 Å². The second-order valence-corrected chi connectivity index (χ2v) is 9.99. The molecule has 2 atom stereocenters. The topological polar surface area (TPSA) is 101 Å². The summed E-state index contributed by atoms with van der Waals surface area (Å²) in [6, 6.07) is 18.5. The maximum atomic E-state index is 13.3. The molecule has 0 radical (unpaired) electrons. The lowest BCUT2D eigenvalue weighted by atomic mass is 9.90. The fourth-order valence-corrected chi connectivity index (χ4v) is 4.62. The predicted molar refractivity (Wildman–Crippen MR) is 155 cm³/mol. The first-order valence-electron chi connectivity index (χ1n) is 14.0. The summed E-state index contributed by atoms with van der Waals surface area (Å²) in [5, 5.41) is 6.79. The van der Waals surface area contributed by atoms with E-state index in [4.69, 9.17) is 9.25 Å². The fourth-order valence-electron chi connectivity index (χ4n) is 4.62. The van der Waals surface area contributed by atoms with Crippen LogP contribution in [-0.4, -0.2) is 36.0 Å². The smallest absolute Gasteiger partial charge is 0.288 e. The van der Waals surface area contributed by atoms with Crippen LogP contribution in [0.5, 0.6) is 0 Å². The molecule has 3 amide bonds. The number of hydrogen-bond donors (Lipinski definition) is 2. The highest BCUT2D eigenvalue weighted by Gasteiger charge is 2.32. The van der Waals surface area contributed by atoms with Gasteiger partial charge in [-0.05, 0) is 61.6 Å². The van der Waals surface area contributed by atoms with E-state index in [-0.39, 0.29) is 24.9 Å². The van der Waals surface area contributed by atoms with Crippen LogP contribution in [0.25, 0.3) is 11.3 Å². The van der Waals surface area contributed by atoms with Crippen LogP contribution >= 0.6 is 0 Å². The number of hydrogen-bond acceptors (Lipinski definition) is 5. The molecule has 2 aromatic carbocycles. The summed E-state index contributed by atoms with van der Waals surface area (Å²) in [6.45, 7) is 8.26. The third-order valence-electron chi connectivity index (χ3n) is 7.12. The fraction of sp³-hybridized carbons (Fsp3) is 0.406. The van der Waals surface area contributed by atoms with Crippen molar-refractivity contribution in [1.29, 1.82) is 0 Å². The minimum Gasteiger partial charge on any atom is -0.451 e.